The van der Waals surface area contributed by atoms with E-state index in [0.29, 0.717) is 5.54 Å². The SMILES string of the molecule is CC(C)(C)N1CCN(CC2CCC(CN)CC2)CC1. The third-order valence-corrected chi connectivity index (χ3v) is 5.14. The third kappa shape index (κ3) is 4.44. The van der Waals surface area contributed by atoms with Gasteiger partial charge >= 0.3 is 0 Å². The average molecular weight is 267 g/mol. The van der Waals surface area contributed by atoms with Gasteiger partial charge in [0.05, 0.1) is 0 Å². The van der Waals surface area contributed by atoms with Crippen LogP contribution in [0.4, 0.5) is 0 Å². The van der Waals surface area contributed by atoms with Crippen molar-refractivity contribution in [2.75, 3.05) is 39.3 Å². The van der Waals surface area contributed by atoms with Crippen molar-refractivity contribution in [2.45, 2.75) is 52.0 Å². The van der Waals surface area contributed by atoms with Crippen molar-refractivity contribution in [3.63, 3.8) is 0 Å². The Balaban J connectivity index is 1.69. The van der Waals surface area contributed by atoms with Crippen molar-refractivity contribution < 1.29 is 0 Å². The molecule has 1 heterocycles. The summed E-state index contributed by atoms with van der Waals surface area (Å²) in [6, 6.07) is 0. The molecule has 0 bridgehead atoms. The Morgan fingerprint density at radius 1 is 0.895 bits per heavy atom. The van der Waals surface area contributed by atoms with E-state index in [1.54, 1.807) is 0 Å². The smallest absolute Gasteiger partial charge is 0.0126 e. The summed E-state index contributed by atoms with van der Waals surface area (Å²) in [7, 11) is 0. The molecule has 19 heavy (non-hydrogen) atoms. The Hall–Kier alpha value is -0.120. The van der Waals surface area contributed by atoms with Gasteiger partial charge in [0, 0.05) is 38.3 Å². The van der Waals surface area contributed by atoms with Crippen LogP contribution < -0.4 is 5.73 Å². The van der Waals surface area contributed by atoms with Crippen LogP contribution in [-0.4, -0.2) is 54.6 Å². The van der Waals surface area contributed by atoms with Crippen LogP contribution in [0.3, 0.4) is 0 Å². The molecule has 0 aromatic rings. The van der Waals surface area contributed by atoms with E-state index in [0.717, 1.165) is 18.4 Å². The minimum absolute atomic E-state index is 0.339. The molecule has 0 amide bonds. The van der Waals surface area contributed by atoms with Crippen molar-refractivity contribution in [3.05, 3.63) is 0 Å². The second-order valence-electron chi connectivity index (χ2n) is 7.58. The number of piperazine rings is 1. The lowest BCUT2D eigenvalue weighted by Crippen LogP contribution is -2.54. The number of rotatable bonds is 3. The minimum Gasteiger partial charge on any atom is -0.330 e. The number of hydrogen-bond donors (Lipinski definition) is 1. The molecule has 0 unspecified atom stereocenters. The lowest BCUT2D eigenvalue weighted by atomic mass is 9.82. The molecule has 0 atom stereocenters. The maximum Gasteiger partial charge on any atom is 0.0126 e. The molecular formula is C16H33N3. The molecular weight excluding hydrogens is 234 g/mol. The summed E-state index contributed by atoms with van der Waals surface area (Å²) in [5.74, 6) is 1.75. The van der Waals surface area contributed by atoms with E-state index in [1.165, 1.54) is 58.4 Å². The van der Waals surface area contributed by atoms with E-state index in [9.17, 15) is 0 Å². The molecule has 2 N–H and O–H groups in total. The Bertz CT molecular complexity index is 256. The van der Waals surface area contributed by atoms with Crippen LogP contribution in [-0.2, 0) is 0 Å². The maximum atomic E-state index is 5.77. The van der Waals surface area contributed by atoms with Crippen LogP contribution in [0.5, 0.6) is 0 Å². The molecule has 3 nitrogen and oxygen atoms in total. The number of nitrogens with two attached hydrogens (primary N) is 1. The van der Waals surface area contributed by atoms with Gasteiger partial charge in [-0.2, -0.15) is 0 Å². The predicted molar refractivity (Wildman–Crippen MR) is 82.3 cm³/mol. The van der Waals surface area contributed by atoms with E-state index in [1.807, 2.05) is 0 Å². The lowest BCUT2D eigenvalue weighted by molar-refractivity contribution is 0.0506. The van der Waals surface area contributed by atoms with E-state index >= 15 is 0 Å². The summed E-state index contributed by atoms with van der Waals surface area (Å²) in [6.07, 6.45) is 5.54. The Morgan fingerprint density at radius 2 is 1.42 bits per heavy atom. The van der Waals surface area contributed by atoms with Crippen LogP contribution in [0.2, 0.25) is 0 Å². The fourth-order valence-electron chi connectivity index (χ4n) is 3.62. The molecule has 1 aliphatic carbocycles. The molecule has 0 radical (unpaired) electrons. The first-order valence-electron chi connectivity index (χ1n) is 8.16. The van der Waals surface area contributed by atoms with Crippen LogP contribution in [0.25, 0.3) is 0 Å². The second kappa shape index (κ2) is 6.55. The van der Waals surface area contributed by atoms with Gasteiger partial charge in [-0.1, -0.05) is 0 Å². The van der Waals surface area contributed by atoms with Crippen LogP contribution >= 0.6 is 0 Å². The zero-order valence-electron chi connectivity index (χ0n) is 13.2. The van der Waals surface area contributed by atoms with Gasteiger partial charge in [0.25, 0.3) is 0 Å². The zero-order valence-corrected chi connectivity index (χ0v) is 13.2. The van der Waals surface area contributed by atoms with Gasteiger partial charge in [-0.25, -0.2) is 0 Å². The molecule has 112 valence electrons. The van der Waals surface area contributed by atoms with Crippen molar-refractivity contribution in [3.8, 4) is 0 Å². The van der Waals surface area contributed by atoms with Crippen molar-refractivity contribution in [1.29, 1.82) is 0 Å². The van der Waals surface area contributed by atoms with Crippen LogP contribution in [0.15, 0.2) is 0 Å². The Kier molecular flexibility index (Phi) is 5.27. The van der Waals surface area contributed by atoms with E-state index in [2.05, 4.69) is 30.6 Å². The van der Waals surface area contributed by atoms with Gasteiger partial charge in [-0.3, -0.25) is 4.90 Å². The largest absolute Gasteiger partial charge is 0.330 e. The first kappa shape index (κ1) is 15.3. The molecule has 1 aliphatic heterocycles. The normalized spacial score (nSPS) is 31.6. The molecule has 1 saturated heterocycles. The molecule has 1 saturated carbocycles. The van der Waals surface area contributed by atoms with Gasteiger partial charge < -0.3 is 10.6 Å². The van der Waals surface area contributed by atoms with Gasteiger partial charge in [-0.15, -0.1) is 0 Å². The molecule has 0 aromatic heterocycles. The highest BCUT2D eigenvalue weighted by Gasteiger charge is 2.28. The topological polar surface area (TPSA) is 32.5 Å². The molecule has 3 heteroatoms. The fraction of sp³-hybridized carbons (Fsp3) is 1.00. The summed E-state index contributed by atoms with van der Waals surface area (Å²) in [4.78, 5) is 5.31. The van der Waals surface area contributed by atoms with Crippen molar-refractivity contribution in [2.24, 2.45) is 17.6 Å². The maximum absolute atomic E-state index is 5.77. The second-order valence-corrected chi connectivity index (χ2v) is 7.58. The quantitative estimate of drug-likeness (QED) is 0.850. The van der Waals surface area contributed by atoms with Crippen molar-refractivity contribution in [1.82, 2.24) is 9.80 Å². The van der Waals surface area contributed by atoms with E-state index in [-0.39, 0.29) is 0 Å². The van der Waals surface area contributed by atoms with E-state index < -0.39 is 0 Å². The summed E-state index contributed by atoms with van der Waals surface area (Å²) >= 11 is 0. The molecule has 0 spiro atoms. The first-order chi connectivity index (χ1) is 8.99. The van der Waals surface area contributed by atoms with Gasteiger partial charge in [0.15, 0.2) is 0 Å². The average Bonchev–Trinajstić information content (AvgIpc) is 2.39. The highest BCUT2D eigenvalue weighted by molar-refractivity contribution is 4.83. The van der Waals surface area contributed by atoms with Gasteiger partial charge in [0.2, 0.25) is 0 Å². The van der Waals surface area contributed by atoms with E-state index in [4.69, 9.17) is 5.73 Å². The number of nitrogens with zero attached hydrogens (tertiary/aromatic N) is 2. The molecule has 2 fully saturated rings. The van der Waals surface area contributed by atoms with Crippen LogP contribution in [0.1, 0.15) is 46.5 Å². The van der Waals surface area contributed by atoms with Gasteiger partial charge in [-0.05, 0) is 64.8 Å². The summed E-state index contributed by atoms with van der Waals surface area (Å²) < 4.78 is 0. The van der Waals surface area contributed by atoms with Crippen molar-refractivity contribution >= 4 is 0 Å². The summed E-state index contributed by atoms with van der Waals surface area (Å²) in [6.45, 7) is 14.2. The standard InChI is InChI=1S/C16H33N3/c1-16(2,3)19-10-8-18(9-11-19)13-15-6-4-14(12-17)5-7-15/h14-15H,4-13,17H2,1-3H3. The summed E-state index contributed by atoms with van der Waals surface area (Å²) in [5.41, 5.74) is 6.11. The highest BCUT2D eigenvalue weighted by Crippen LogP contribution is 2.29. The molecule has 2 rings (SSSR count). The minimum atomic E-state index is 0.339. The highest BCUT2D eigenvalue weighted by atomic mass is 15.3. The summed E-state index contributed by atoms with van der Waals surface area (Å²) in [5, 5.41) is 0. The Labute approximate surface area is 119 Å². The zero-order chi connectivity index (χ0) is 13.9. The fourth-order valence-corrected chi connectivity index (χ4v) is 3.62. The Morgan fingerprint density at radius 3 is 1.89 bits per heavy atom. The van der Waals surface area contributed by atoms with Gasteiger partial charge in [0.1, 0.15) is 0 Å². The lowest BCUT2D eigenvalue weighted by Gasteiger charge is -2.43. The monoisotopic (exact) mass is 267 g/mol. The molecule has 2 aliphatic rings. The first-order valence-corrected chi connectivity index (χ1v) is 8.16. The van der Waals surface area contributed by atoms with Crippen LogP contribution in [0, 0.1) is 11.8 Å². The third-order valence-electron chi connectivity index (χ3n) is 5.14. The predicted octanol–water partition coefficient (Wildman–Crippen LogP) is 2.17. The number of hydrogen-bond acceptors (Lipinski definition) is 3. The molecule has 0 aromatic carbocycles.